The number of hydrogen-bond acceptors (Lipinski definition) is 1. The first-order chi connectivity index (χ1) is 9.49. The molecular formula is C16H16Cl3N. The van der Waals surface area contributed by atoms with Crippen molar-refractivity contribution in [2.75, 3.05) is 0 Å². The van der Waals surface area contributed by atoms with E-state index >= 15 is 0 Å². The van der Waals surface area contributed by atoms with E-state index in [9.17, 15) is 0 Å². The lowest BCUT2D eigenvalue weighted by Crippen LogP contribution is -2.21. The van der Waals surface area contributed by atoms with Crippen LogP contribution in [0.1, 0.15) is 19.4 Å². The summed E-state index contributed by atoms with van der Waals surface area (Å²) in [6.45, 7) is 4.96. The van der Waals surface area contributed by atoms with Gasteiger partial charge in [0, 0.05) is 23.2 Å². The third-order valence-electron chi connectivity index (χ3n) is 3.02. The Labute approximate surface area is 134 Å². The third kappa shape index (κ3) is 3.67. The summed E-state index contributed by atoms with van der Waals surface area (Å²) >= 11 is 18.6. The van der Waals surface area contributed by atoms with Gasteiger partial charge >= 0.3 is 0 Å². The monoisotopic (exact) mass is 327 g/mol. The van der Waals surface area contributed by atoms with Crippen LogP contribution in [0, 0.1) is 0 Å². The van der Waals surface area contributed by atoms with Gasteiger partial charge in [-0.2, -0.15) is 0 Å². The molecule has 106 valence electrons. The predicted molar refractivity (Wildman–Crippen MR) is 88.9 cm³/mol. The van der Waals surface area contributed by atoms with Crippen LogP contribution >= 0.6 is 34.8 Å². The van der Waals surface area contributed by atoms with Crippen LogP contribution in [0.4, 0.5) is 0 Å². The molecule has 0 saturated carbocycles. The molecule has 1 N–H and O–H groups in total. The van der Waals surface area contributed by atoms with E-state index in [1.54, 1.807) is 6.07 Å². The zero-order chi connectivity index (χ0) is 14.7. The van der Waals surface area contributed by atoms with Gasteiger partial charge < -0.3 is 5.32 Å². The molecule has 0 aliphatic carbocycles. The molecule has 2 rings (SSSR count). The highest BCUT2D eigenvalue weighted by atomic mass is 35.5. The van der Waals surface area contributed by atoms with Crippen LogP contribution in [0.3, 0.4) is 0 Å². The van der Waals surface area contributed by atoms with E-state index in [4.69, 9.17) is 34.8 Å². The van der Waals surface area contributed by atoms with Crippen molar-refractivity contribution < 1.29 is 0 Å². The summed E-state index contributed by atoms with van der Waals surface area (Å²) in [6, 6.07) is 12.0. The minimum absolute atomic E-state index is 0.424. The van der Waals surface area contributed by atoms with Gasteiger partial charge in [0.25, 0.3) is 0 Å². The van der Waals surface area contributed by atoms with Crippen LogP contribution in [0.5, 0.6) is 0 Å². The van der Waals surface area contributed by atoms with Gasteiger partial charge in [0.15, 0.2) is 0 Å². The molecule has 2 aromatic rings. The Hall–Kier alpha value is -0.730. The standard InChI is InChI=1S/C16H16Cl3N/c1-10(2)20-9-12-7-6-11(8-15(12)18)13-4-3-5-14(17)16(13)19/h3-8,10,20H,9H2,1-2H3. The van der Waals surface area contributed by atoms with Crippen molar-refractivity contribution in [1.82, 2.24) is 5.32 Å². The van der Waals surface area contributed by atoms with E-state index < -0.39 is 0 Å². The van der Waals surface area contributed by atoms with Crippen molar-refractivity contribution in [1.29, 1.82) is 0 Å². The highest BCUT2D eigenvalue weighted by molar-refractivity contribution is 6.43. The maximum atomic E-state index is 6.34. The molecule has 0 atom stereocenters. The molecule has 0 unspecified atom stereocenters. The Morgan fingerprint density at radius 1 is 1.00 bits per heavy atom. The van der Waals surface area contributed by atoms with Gasteiger partial charge in [-0.15, -0.1) is 0 Å². The van der Waals surface area contributed by atoms with Crippen molar-refractivity contribution in [2.24, 2.45) is 0 Å². The molecule has 0 aromatic heterocycles. The second-order valence-corrected chi connectivity index (χ2v) is 6.14. The van der Waals surface area contributed by atoms with E-state index in [1.807, 2.05) is 30.3 Å². The highest BCUT2D eigenvalue weighted by Crippen LogP contribution is 2.35. The topological polar surface area (TPSA) is 12.0 Å². The Morgan fingerprint density at radius 2 is 1.75 bits per heavy atom. The first-order valence-corrected chi connectivity index (χ1v) is 7.58. The molecule has 0 spiro atoms. The molecule has 1 nitrogen and oxygen atoms in total. The van der Waals surface area contributed by atoms with E-state index in [-0.39, 0.29) is 0 Å². The Balaban J connectivity index is 2.31. The molecule has 0 fully saturated rings. The van der Waals surface area contributed by atoms with Gasteiger partial charge in [-0.1, -0.05) is 72.9 Å². The quantitative estimate of drug-likeness (QED) is 0.746. The lowest BCUT2D eigenvalue weighted by Gasteiger charge is -2.12. The summed E-state index contributed by atoms with van der Waals surface area (Å²) in [5.74, 6) is 0. The smallest absolute Gasteiger partial charge is 0.0670 e. The maximum absolute atomic E-state index is 6.34. The minimum Gasteiger partial charge on any atom is -0.310 e. The molecule has 4 heteroatoms. The van der Waals surface area contributed by atoms with E-state index in [0.29, 0.717) is 16.1 Å². The Bertz CT molecular complexity index is 609. The van der Waals surface area contributed by atoms with Gasteiger partial charge in [0.2, 0.25) is 0 Å². The SMILES string of the molecule is CC(C)NCc1ccc(-c2cccc(Cl)c2Cl)cc1Cl. The Kier molecular flexibility index (Phi) is 5.34. The fourth-order valence-electron chi connectivity index (χ4n) is 1.90. The molecule has 0 aliphatic heterocycles. The molecule has 0 amide bonds. The van der Waals surface area contributed by atoms with E-state index in [1.165, 1.54) is 0 Å². The van der Waals surface area contributed by atoms with Crippen LogP contribution in [0.15, 0.2) is 36.4 Å². The summed E-state index contributed by atoms with van der Waals surface area (Å²) in [6.07, 6.45) is 0. The first kappa shape index (κ1) is 15.7. The average molecular weight is 329 g/mol. The van der Waals surface area contributed by atoms with Crippen molar-refractivity contribution in [3.8, 4) is 11.1 Å². The predicted octanol–water partition coefficient (Wildman–Crippen LogP) is 5.81. The van der Waals surface area contributed by atoms with Crippen LogP contribution in [0.2, 0.25) is 15.1 Å². The van der Waals surface area contributed by atoms with Gasteiger partial charge in [-0.25, -0.2) is 0 Å². The minimum atomic E-state index is 0.424. The third-order valence-corrected chi connectivity index (χ3v) is 4.19. The summed E-state index contributed by atoms with van der Waals surface area (Å²) in [5.41, 5.74) is 2.93. The van der Waals surface area contributed by atoms with Crippen LogP contribution in [0.25, 0.3) is 11.1 Å². The average Bonchev–Trinajstić information content (AvgIpc) is 2.40. The zero-order valence-electron chi connectivity index (χ0n) is 11.4. The first-order valence-electron chi connectivity index (χ1n) is 6.45. The number of hydrogen-bond donors (Lipinski definition) is 1. The lowest BCUT2D eigenvalue weighted by atomic mass is 10.0. The van der Waals surface area contributed by atoms with E-state index in [0.717, 1.165) is 28.3 Å². The fraction of sp³-hybridized carbons (Fsp3) is 0.250. The number of halogens is 3. The van der Waals surface area contributed by atoms with Crippen LogP contribution in [-0.4, -0.2) is 6.04 Å². The van der Waals surface area contributed by atoms with Crippen molar-refractivity contribution in [2.45, 2.75) is 26.4 Å². The second-order valence-electron chi connectivity index (χ2n) is 4.94. The van der Waals surface area contributed by atoms with Gasteiger partial charge in [0.1, 0.15) is 0 Å². The largest absolute Gasteiger partial charge is 0.310 e. The molecule has 20 heavy (non-hydrogen) atoms. The summed E-state index contributed by atoms with van der Waals surface area (Å²) in [4.78, 5) is 0. The van der Waals surface area contributed by atoms with Crippen LogP contribution in [-0.2, 0) is 6.54 Å². The normalized spacial score (nSPS) is 11.1. The van der Waals surface area contributed by atoms with Crippen molar-refractivity contribution in [3.63, 3.8) is 0 Å². The Morgan fingerprint density at radius 3 is 2.40 bits per heavy atom. The van der Waals surface area contributed by atoms with Gasteiger partial charge in [-0.05, 0) is 23.3 Å². The summed E-state index contributed by atoms with van der Waals surface area (Å²) in [7, 11) is 0. The fourth-order valence-corrected chi connectivity index (χ4v) is 2.56. The van der Waals surface area contributed by atoms with E-state index in [2.05, 4.69) is 19.2 Å². The van der Waals surface area contributed by atoms with Crippen molar-refractivity contribution in [3.05, 3.63) is 57.0 Å². The number of rotatable bonds is 4. The molecule has 0 radical (unpaired) electrons. The molecule has 0 saturated heterocycles. The van der Waals surface area contributed by atoms with Gasteiger partial charge in [0.05, 0.1) is 10.0 Å². The van der Waals surface area contributed by atoms with Gasteiger partial charge in [-0.3, -0.25) is 0 Å². The second kappa shape index (κ2) is 6.82. The molecule has 2 aromatic carbocycles. The maximum Gasteiger partial charge on any atom is 0.0670 e. The number of nitrogens with one attached hydrogen (secondary N) is 1. The summed E-state index contributed by atoms with van der Waals surface area (Å²) < 4.78 is 0. The number of benzene rings is 2. The molecule has 0 heterocycles. The highest BCUT2D eigenvalue weighted by Gasteiger charge is 2.09. The van der Waals surface area contributed by atoms with Crippen molar-refractivity contribution >= 4 is 34.8 Å². The van der Waals surface area contributed by atoms with Crippen LogP contribution < -0.4 is 5.32 Å². The molecule has 0 bridgehead atoms. The molecule has 0 aliphatic rings. The zero-order valence-corrected chi connectivity index (χ0v) is 13.7. The summed E-state index contributed by atoms with van der Waals surface area (Å²) in [5, 5.41) is 5.18. The lowest BCUT2D eigenvalue weighted by molar-refractivity contribution is 0.589. The molecular weight excluding hydrogens is 313 g/mol.